The third-order valence-corrected chi connectivity index (χ3v) is 3.80. The van der Waals surface area contributed by atoms with Gasteiger partial charge >= 0.3 is 0 Å². The molecule has 2 aromatic carbocycles. The Bertz CT molecular complexity index is 763. The van der Waals surface area contributed by atoms with E-state index in [1.54, 1.807) is 0 Å². The van der Waals surface area contributed by atoms with Crippen LogP contribution in [0.15, 0.2) is 41.3 Å². The Morgan fingerprint density at radius 1 is 0.900 bits per heavy atom. The third kappa shape index (κ3) is 2.85. The first-order valence-corrected chi connectivity index (χ1v) is 6.81. The summed E-state index contributed by atoms with van der Waals surface area (Å²) in [5, 5.41) is 0. The van der Waals surface area contributed by atoms with E-state index in [4.69, 9.17) is 5.73 Å². The largest absolute Gasteiger partial charge is 0.399 e. The Morgan fingerprint density at radius 2 is 1.60 bits per heavy atom. The minimum absolute atomic E-state index is 0.123. The zero-order chi connectivity index (χ0) is 14.9. The molecule has 0 aromatic heterocycles. The van der Waals surface area contributed by atoms with E-state index in [9.17, 15) is 21.6 Å². The number of nitrogens with two attached hydrogens (primary N) is 1. The maximum Gasteiger partial charge on any atom is 0.262 e. The van der Waals surface area contributed by atoms with Crippen LogP contribution in [-0.2, 0) is 10.0 Å². The summed E-state index contributed by atoms with van der Waals surface area (Å²) < 4.78 is 65.0. The number of halogens is 3. The highest BCUT2D eigenvalue weighted by Gasteiger charge is 2.18. The zero-order valence-electron chi connectivity index (χ0n) is 9.90. The minimum atomic E-state index is -4.23. The van der Waals surface area contributed by atoms with Crippen LogP contribution >= 0.6 is 0 Å². The van der Waals surface area contributed by atoms with Gasteiger partial charge in [0, 0.05) is 5.69 Å². The standard InChI is InChI=1S/C12H9F3N2O2S/c13-9-3-2-8(6-10(9)14)20(18,19)17-12-4-1-7(16)5-11(12)15/h1-6,17H,16H2. The molecular weight excluding hydrogens is 293 g/mol. The Balaban J connectivity index is 2.38. The van der Waals surface area contributed by atoms with Gasteiger partial charge in [-0.15, -0.1) is 0 Å². The van der Waals surface area contributed by atoms with Gasteiger partial charge in [0.15, 0.2) is 11.6 Å². The molecule has 106 valence electrons. The molecule has 0 aliphatic rings. The van der Waals surface area contributed by atoms with Gasteiger partial charge in [-0.1, -0.05) is 0 Å². The predicted molar refractivity (Wildman–Crippen MR) is 68.0 cm³/mol. The number of benzene rings is 2. The van der Waals surface area contributed by atoms with Crippen molar-refractivity contribution in [3.8, 4) is 0 Å². The number of hydrogen-bond donors (Lipinski definition) is 2. The van der Waals surface area contributed by atoms with Gasteiger partial charge in [0.2, 0.25) is 0 Å². The molecule has 0 saturated carbocycles. The molecule has 2 aromatic rings. The van der Waals surface area contributed by atoms with Crippen LogP contribution in [0.4, 0.5) is 24.5 Å². The molecule has 2 rings (SSSR count). The second-order valence-electron chi connectivity index (χ2n) is 3.92. The summed E-state index contributed by atoms with van der Waals surface area (Å²) in [5.74, 6) is -3.37. The number of anilines is 2. The molecule has 0 heterocycles. The minimum Gasteiger partial charge on any atom is -0.399 e. The Morgan fingerprint density at radius 3 is 2.20 bits per heavy atom. The molecule has 20 heavy (non-hydrogen) atoms. The van der Waals surface area contributed by atoms with Crippen molar-refractivity contribution in [3.05, 3.63) is 53.8 Å². The maximum absolute atomic E-state index is 13.5. The second kappa shape index (κ2) is 5.04. The molecular formula is C12H9F3N2O2S. The van der Waals surface area contributed by atoms with Crippen molar-refractivity contribution < 1.29 is 21.6 Å². The first-order valence-electron chi connectivity index (χ1n) is 5.32. The predicted octanol–water partition coefficient (Wildman–Crippen LogP) is 2.49. The van der Waals surface area contributed by atoms with E-state index in [1.165, 1.54) is 6.07 Å². The van der Waals surface area contributed by atoms with Crippen molar-refractivity contribution >= 4 is 21.4 Å². The van der Waals surface area contributed by atoms with Gasteiger partial charge in [0.25, 0.3) is 10.0 Å². The van der Waals surface area contributed by atoms with E-state index < -0.39 is 32.4 Å². The summed E-state index contributed by atoms with van der Waals surface area (Å²) in [5.41, 5.74) is 5.11. The lowest BCUT2D eigenvalue weighted by atomic mass is 10.3. The van der Waals surface area contributed by atoms with E-state index >= 15 is 0 Å². The van der Waals surface area contributed by atoms with Gasteiger partial charge in [-0.05, 0) is 36.4 Å². The lowest BCUT2D eigenvalue weighted by Crippen LogP contribution is -2.14. The summed E-state index contributed by atoms with van der Waals surface area (Å²) in [6.07, 6.45) is 0. The summed E-state index contributed by atoms with van der Waals surface area (Å²) in [4.78, 5) is -0.521. The van der Waals surface area contributed by atoms with Crippen LogP contribution in [0, 0.1) is 17.5 Å². The van der Waals surface area contributed by atoms with E-state index in [-0.39, 0.29) is 11.4 Å². The van der Waals surface area contributed by atoms with Crippen LogP contribution in [0.5, 0.6) is 0 Å². The van der Waals surface area contributed by atoms with E-state index in [0.717, 1.165) is 18.2 Å². The number of nitrogens with one attached hydrogen (secondary N) is 1. The highest BCUT2D eigenvalue weighted by Crippen LogP contribution is 2.22. The highest BCUT2D eigenvalue weighted by atomic mass is 32.2. The SMILES string of the molecule is Nc1ccc(NS(=O)(=O)c2ccc(F)c(F)c2)c(F)c1. The molecule has 4 nitrogen and oxygen atoms in total. The fourth-order valence-corrected chi connectivity index (χ4v) is 2.54. The van der Waals surface area contributed by atoms with Crippen LogP contribution in [0.25, 0.3) is 0 Å². The Labute approximate surface area is 113 Å². The highest BCUT2D eigenvalue weighted by molar-refractivity contribution is 7.92. The molecule has 0 aliphatic carbocycles. The van der Waals surface area contributed by atoms with Gasteiger partial charge < -0.3 is 5.73 Å². The van der Waals surface area contributed by atoms with Gasteiger partial charge in [-0.25, -0.2) is 21.6 Å². The number of hydrogen-bond acceptors (Lipinski definition) is 3. The molecule has 0 amide bonds. The molecule has 0 unspecified atom stereocenters. The molecule has 0 fully saturated rings. The normalized spacial score (nSPS) is 11.3. The average Bonchev–Trinajstić information content (AvgIpc) is 2.36. The molecule has 0 saturated heterocycles. The van der Waals surface area contributed by atoms with E-state index in [0.29, 0.717) is 12.1 Å². The van der Waals surface area contributed by atoms with Crippen molar-refractivity contribution in [2.75, 3.05) is 10.5 Å². The summed E-state index contributed by atoms with van der Waals surface area (Å²) in [6, 6.07) is 5.41. The Hall–Kier alpha value is -2.22. The van der Waals surface area contributed by atoms with Crippen LogP contribution in [0.3, 0.4) is 0 Å². The molecule has 0 spiro atoms. The van der Waals surface area contributed by atoms with Crippen molar-refractivity contribution in [2.45, 2.75) is 4.90 Å². The number of nitrogen functional groups attached to an aromatic ring is 1. The third-order valence-electron chi connectivity index (χ3n) is 2.44. The molecule has 8 heteroatoms. The van der Waals surface area contributed by atoms with Gasteiger partial charge in [-0.2, -0.15) is 0 Å². The average molecular weight is 302 g/mol. The van der Waals surface area contributed by atoms with Crippen molar-refractivity contribution in [1.82, 2.24) is 0 Å². The lowest BCUT2D eigenvalue weighted by Gasteiger charge is -2.09. The zero-order valence-corrected chi connectivity index (χ0v) is 10.7. The van der Waals surface area contributed by atoms with E-state index in [1.807, 2.05) is 4.72 Å². The summed E-state index contributed by atoms with van der Waals surface area (Å²) in [6.45, 7) is 0. The van der Waals surface area contributed by atoms with Crippen LogP contribution in [0.1, 0.15) is 0 Å². The quantitative estimate of drug-likeness (QED) is 0.856. The topological polar surface area (TPSA) is 72.2 Å². The summed E-state index contributed by atoms with van der Waals surface area (Å²) in [7, 11) is -4.23. The fraction of sp³-hybridized carbons (Fsp3) is 0. The number of sulfonamides is 1. The fourth-order valence-electron chi connectivity index (χ4n) is 1.46. The molecule has 0 atom stereocenters. The molecule has 0 radical (unpaired) electrons. The maximum atomic E-state index is 13.5. The second-order valence-corrected chi connectivity index (χ2v) is 5.60. The van der Waals surface area contributed by atoms with Crippen molar-refractivity contribution in [2.24, 2.45) is 0 Å². The Kier molecular flexibility index (Phi) is 3.58. The van der Waals surface area contributed by atoms with Gasteiger partial charge in [-0.3, -0.25) is 4.72 Å². The lowest BCUT2D eigenvalue weighted by molar-refractivity contribution is 0.504. The first-order chi connectivity index (χ1) is 9.29. The number of rotatable bonds is 3. The van der Waals surface area contributed by atoms with Gasteiger partial charge in [0.05, 0.1) is 10.6 Å². The first kappa shape index (κ1) is 14.2. The van der Waals surface area contributed by atoms with Crippen molar-refractivity contribution in [1.29, 1.82) is 0 Å². The molecule has 0 bridgehead atoms. The molecule has 0 aliphatic heterocycles. The monoisotopic (exact) mass is 302 g/mol. The van der Waals surface area contributed by atoms with E-state index in [2.05, 4.69) is 0 Å². The molecule has 3 N–H and O–H groups in total. The van der Waals surface area contributed by atoms with Crippen LogP contribution in [0.2, 0.25) is 0 Å². The van der Waals surface area contributed by atoms with Crippen LogP contribution < -0.4 is 10.5 Å². The van der Waals surface area contributed by atoms with Crippen molar-refractivity contribution in [3.63, 3.8) is 0 Å². The smallest absolute Gasteiger partial charge is 0.262 e. The summed E-state index contributed by atoms with van der Waals surface area (Å²) >= 11 is 0. The van der Waals surface area contributed by atoms with Crippen LogP contribution in [-0.4, -0.2) is 8.42 Å². The van der Waals surface area contributed by atoms with Gasteiger partial charge in [0.1, 0.15) is 5.82 Å².